The Morgan fingerprint density at radius 2 is 2.09 bits per heavy atom. The van der Waals surface area contributed by atoms with Crippen LogP contribution in [0.5, 0.6) is 5.75 Å². The smallest absolute Gasteiger partial charge is 0.255 e. The number of nitrogens with one attached hydrogen (secondary N) is 1. The molecular formula is C18H21ClN2O2. The number of hydrogen-bond acceptors (Lipinski definition) is 3. The van der Waals surface area contributed by atoms with Gasteiger partial charge in [0.15, 0.2) is 0 Å². The molecule has 0 spiro atoms. The molecule has 0 aliphatic heterocycles. The largest absolute Gasteiger partial charge is 0.494 e. The molecule has 0 fully saturated rings. The standard InChI is InChI=1S/C18H21ClN2O2/c1-3-4-8-23-14-7-5-6-13(10-14)18(22)21-17-11-15(19)12(2)9-16(17)20/h5-7,9-11H,3-4,8,20H2,1-2H3,(H,21,22). The summed E-state index contributed by atoms with van der Waals surface area (Å²) in [4.78, 5) is 12.4. The number of amides is 1. The van der Waals surface area contributed by atoms with Crippen molar-refractivity contribution in [3.05, 3.63) is 52.5 Å². The van der Waals surface area contributed by atoms with Crippen LogP contribution in [0.1, 0.15) is 35.7 Å². The molecule has 5 heteroatoms. The van der Waals surface area contributed by atoms with Crippen LogP contribution in [-0.4, -0.2) is 12.5 Å². The first-order valence-corrected chi connectivity index (χ1v) is 7.99. The normalized spacial score (nSPS) is 10.4. The number of unbranched alkanes of at least 4 members (excludes halogenated alkanes) is 1. The van der Waals surface area contributed by atoms with E-state index in [1.807, 2.05) is 13.0 Å². The fraction of sp³-hybridized carbons (Fsp3) is 0.278. The maximum Gasteiger partial charge on any atom is 0.255 e. The van der Waals surface area contributed by atoms with E-state index in [2.05, 4.69) is 12.2 Å². The second-order valence-electron chi connectivity index (χ2n) is 5.37. The molecule has 4 nitrogen and oxygen atoms in total. The Hall–Kier alpha value is -2.20. The molecule has 1 amide bonds. The van der Waals surface area contributed by atoms with Gasteiger partial charge in [-0.2, -0.15) is 0 Å². The third kappa shape index (κ3) is 4.63. The van der Waals surface area contributed by atoms with E-state index in [-0.39, 0.29) is 5.91 Å². The molecule has 2 aromatic rings. The Balaban J connectivity index is 2.12. The molecule has 0 saturated carbocycles. The van der Waals surface area contributed by atoms with Crippen molar-refractivity contribution in [2.24, 2.45) is 0 Å². The van der Waals surface area contributed by atoms with Crippen LogP contribution in [0.25, 0.3) is 0 Å². The van der Waals surface area contributed by atoms with Crippen molar-refractivity contribution in [2.45, 2.75) is 26.7 Å². The maximum atomic E-state index is 12.4. The van der Waals surface area contributed by atoms with Gasteiger partial charge >= 0.3 is 0 Å². The number of aryl methyl sites for hydroxylation is 1. The zero-order valence-electron chi connectivity index (χ0n) is 13.4. The number of halogens is 1. The SMILES string of the molecule is CCCCOc1cccc(C(=O)Nc2cc(Cl)c(C)cc2N)c1. The highest BCUT2D eigenvalue weighted by atomic mass is 35.5. The van der Waals surface area contributed by atoms with Crippen LogP contribution in [0.2, 0.25) is 5.02 Å². The lowest BCUT2D eigenvalue weighted by atomic mass is 10.1. The molecule has 23 heavy (non-hydrogen) atoms. The van der Waals surface area contributed by atoms with Crippen LogP contribution in [0.3, 0.4) is 0 Å². The Morgan fingerprint density at radius 3 is 2.83 bits per heavy atom. The van der Waals surface area contributed by atoms with Crippen LogP contribution in [0.15, 0.2) is 36.4 Å². The summed E-state index contributed by atoms with van der Waals surface area (Å²) in [5.74, 6) is 0.429. The van der Waals surface area contributed by atoms with Crippen LogP contribution in [0.4, 0.5) is 11.4 Å². The van der Waals surface area contributed by atoms with Gasteiger partial charge in [0, 0.05) is 10.6 Å². The van der Waals surface area contributed by atoms with Crippen LogP contribution >= 0.6 is 11.6 Å². The van der Waals surface area contributed by atoms with Crippen molar-refractivity contribution in [3.63, 3.8) is 0 Å². The summed E-state index contributed by atoms with van der Waals surface area (Å²) in [7, 11) is 0. The first-order valence-electron chi connectivity index (χ1n) is 7.61. The minimum absolute atomic E-state index is 0.252. The molecule has 0 atom stereocenters. The maximum absolute atomic E-state index is 12.4. The van der Waals surface area contributed by atoms with Gasteiger partial charge in [0.1, 0.15) is 5.75 Å². The predicted octanol–water partition coefficient (Wildman–Crippen LogP) is 4.66. The van der Waals surface area contributed by atoms with Crippen molar-refractivity contribution in [1.82, 2.24) is 0 Å². The van der Waals surface area contributed by atoms with Gasteiger partial charge in [0.25, 0.3) is 5.91 Å². The van der Waals surface area contributed by atoms with E-state index in [4.69, 9.17) is 22.1 Å². The lowest BCUT2D eigenvalue weighted by molar-refractivity contribution is 0.102. The first-order chi connectivity index (χ1) is 11.0. The van der Waals surface area contributed by atoms with Crippen LogP contribution in [-0.2, 0) is 0 Å². The van der Waals surface area contributed by atoms with Gasteiger partial charge < -0.3 is 15.8 Å². The van der Waals surface area contributed by atoms with E-state index >= 15 is 0 Å². The number of benzene rings is 2. The molecule has 0 radical (unpaired) electrons. The van der Waals surface area contributed by atoms with Gasteiger partial charge in [0.05, 0.1) is 18.0 Å². The highest BCUT2D eigenvalue weighted by Crippen LogP contribution is 2.27. The van der Waals surface area contributed by atoms with Crippen LogP contribution in [0, 0.1) is 6.92 Å². The first kappa shape index (κ1) is 17.2. The Bertz CT molecular complexity index is 701. The molecule has 2 aromatic carbocycles. The van der Waals surface area contributed by atoms with E-state index in [9.17, 15) is 4.79 Å². The van der Waals surface area contributed by atoms with Crippen molar-refractivity contribution in [3.8, 4) is 5.75 Å². The minimum Gasteiger partial charge on any atom is -0.494 e. The van der Waals surface area contributed by atoms with Gasteiger partial charge in [-0.05, 0) is 49.2 Å². The van der Waals surface area contributed by atoms with Crippen molar-refractivity contribution >= 4 is 28.9 Å². The van der Waals surface area contributed by atoms with E-state index in [0.717, 1.165) is 18.4 Å². The zero-order chi connectivity index (χ0) is 16.8. The monoisotopic (exact) mass is 332 g/mol. The molecule has 0 aromatic heterocycles. The molecular weight excluding hydrogens is 312 g/mol. The molecule has 122 valence electrons. The number of rotatable bonds is 6. The number of carbonyl (C=O) groups excluding carboxylic acids is 1. The van der Waals surface area contributed by atoms with Gasteiger partial charge in [-0.15, -0.1) is 0 Å². The molecule has 0 aliphatic carbocycles. The number of ether oxygens (including phenoxy) is 1. The third-order valence-electron chi connectivity index (χ3n) is 3.44. The molecule has 0 saturated heterocycles. The topological polar surface area (TPSA) is 64.3 Å². The second kappa shape index (κ2) is 7.88. The predicted molar refractivity (Wildman–Crippen MR) is 95.4 cm³/mol. The molecule has 2 rings (SSSR count). The third-order valence-corrected chi connectivity index (χ3v) is 3.85. The lowest BCUT2D eigenvalue weighted by Crippen LogP contribution is -2.13. The van der Waals surface area contributed by atoms with E-state index in [1.165, 1.54) is 0 Å². The summed E-state index contributed by atoms with van der Waals surface area (Å²) in [5, 5.41) is 3.35. The highest BCUT2D eigenvalue weighted by molar-refractivity contribution is 6.32. The average molecular weight is 333 g/mol. The Kier molecular flexibility index (Phi) is 5.88. The van der Waals surface area contributed by atoms with Gasteiger partial charge in [-0.25, -0.2) is 0 Å². The van der Waals surface area contributed by atoms with Gasteiger partial charge in [-0.3, -0.25) is 4.79 Å². The molecule has 0 unspecified atom stereocenters. The number of nitrogens with two attached hydrogens (primary N) is 1. The van der Waals surface area contributed by atoms with E-state index < -0.39 is 0 Å². The number of nitrogen functional groups attached to an aromatic ring is 1. The summed E-state index contributed by atoms with van der Waals surface area (Å²) in [6.07, 6.45) is 2.04. The quantitative estimate of drug-likeness (QED) is 0.597. The van der Waals surface area contributed by atoms with Crippen LogP contribution < -0.4 is 15.8 Å². The summed E-state index contributed by atoms with van der Waals surface area (Å²) in [6, 6.07) is 10.5. The highest BCUT2D eigenvalue weighted by Gasteiger charge is 2.11. The molecule has 0 heterocycles. The Labute approximate surface area is 141 Å². The fourth-order valence-electron chi connectivity index (χ4n) is 2.07. The summed E-state index contributed by atoms with van der Waals surface area (Å²) < 4.78 is 5.62. The lowest BCUT2D eigenvalue weighted by Gasteiger charge is -2.11. The van der Waals surface area contributed by atoms with Crippen molar-refractivity contribution in [1.29, 1.82) is 0 Å². The van der Waals surface area contributed by atoms with E-state index in [0.29, 0.717) is 34.3 Å². The zero-order valence-corrected chi connectivity index (χ0v) is 14.1. The molecule has 3 N–H and O–H groups in total. The fourth-order valence-corrected chi connectivity index (χ4v) is 2.23. The number of anilines is 2. The Morgan fingerprint density at radius 1 is 1.30 bits per heavy atom. The van der Waals surface area contributed by atoms with Crippen molar-refractivity contribution in [2.75, 3.05) is 17.7 Å². The summed E-state index contributed by atoms with van der Waals surface area (Å²) >= 11 is 6.08. The van der Waals surface area contributed by atoms with Crippen molar-refractivity contribution < 1.29 is 9.53 Å². The number of carbonyl (C=O) groups is 1. The molecule has 0 aliphatic rings. The summed E-state index contributed by atoms with van der Waals surface area (Å²) in [6.45, 7) is 4.60. The average Bonchev–Trinajstić information content (AvgIpc) is 2.53. The second-order valence-corrected chi connectivity index (χ2v) is 5.78. The van der Waals surface area contributed by atoms with Gasteiger partial charge in [-0.1, -0.05) is 31.0 Å². The summed E-state index contributed by atoms with van der Waals surface area (Å²) in [5.41, 5.74) is 8.29. The molecule has 0 bridgehead atoms. The van der Waals surface area contributed by atoms with Gasteiger partial charge in [0.2, 0.25) is 0 Å². The van der Waals surface area contributed by atoms with E-state index in [1.54, 1.807) is 30.3 Å². The number of hydrogen-bond donors (Lipinski definition) is 2. The minimum atomic E-state index is -0.252.